The van der Waals surface area contributed by atoms with Crippen molar-refractivity contribution in [3.8, 4) is 5.75 Å². The van der Waals surface area contributed by atoms with Gasteiger partial charge in [0.25, 0.3) is 0 Å². The summed E-state index contributed by atoms with van der Waals surface area (Å²) in [6, 6.07) is 6.33. The fraction of sp³-hybridized carbons (Fsp3) is 0.267. The number of rotatable bonds is 6. The number of carbonyl (C=O) groups excluding carboxylic acids is 1. The molecule has 2 atom stereocenters. The molecular weight excluding hydrogens is 337 g/mol. The monoisotopic (exact) mass is 355 g/mol. The number of aryl methyl sites for hydroxylation is 1. The summed E-state index contributed by atoms with van der Waals surface area (Å²) in [5.41, 5.74) is 0.591. The molecule has 0 radical (unpaired) electrons. The first-order valence-electron chi connectivity index (χ1n) is 7.11. The van der Waals surface area contributed by atoms with E-state index in [2.05, 4.69) is 0 Å². The Labute approximate surface area is 138 Å². The molecule has 1 aromatic carbocycles. The fourth-order valence-corrected chi connectivity index (χ4v) is 3.03. The van der Waals surface area contributed by atoms with Crippen LogP contribution in [-0.2, 0) is 15.8 Å². The van der Waals surface area contributed by atoms with Gasteiger partial charge in [0.15, 0.2) is 5.78 Å². The molecule has 0 aromatic heterocycles. The maximum Gasteiger partial charge on any atom is 0.427 e. The van der Waals surface area contributed by atoms with Gasteiger partial charge < -0.3 is 25.1 Å². The highest BCUT2D eigenvalue weighted by Gasteiger charge is 2.34. The van der Waals surface area contributed by atoms with E-state index in [9.17, 15) is 24.7 Å². The van der Waals surface area contributed by atoms with Gasteiger partial charge in [-0.2, -0.15) is 0 Å². The second-order valence-electron chi connectivity index (χ2n) is 5.48. The molecule has 2 unspecified atom stereocenters. The van der Waals surface area contributed by atoms with Crippen LogP contribution in [0.4, 0.5) is 0 Å². The van der Waals surface area contributed by atoms with Gasteiger partial charge in [0, 0.05) is 17.8 Å². The van der Waals surface area contributed by atoms with Gasteiger partial charge in [-0.05, 0) is 30.5 Å². The first-order valence-corrected chi connectivity index (χ1v) is 8.73. The van der Waals surface area contributed by atoms with Crippen molar-refractivity contribution in [3.05, 3.63) is 53.4 Å². The summed E-state index contributed by atoms with van der Waals surface area (Å²) in [5.74, 6) is -2.19. The van der Waals surface area contributed by atoms with Crippen molar-refractivity contribution in [2.24, 2.45) is 5.92 Å². The van der Waals surface area contributed by atoms with Gasteiger partial charge >= 0.3 is 7.75 Å². The third-order valence-corrected chi connectivity index (χ3v) is 4.11. The van der Waals surface area contributed by atoms with Gasteiger partial charge in [0.1, 0.15) is 11.5 Å². The van der Waals surface area contributed by atoms with Crippen molar-refractivity contribution in [2.45, 2.75) is 18.9 Å². The van der Waals surface area contributed by atoms with Gasteiger partial charge in [-0.15, -0.1) is 0 Å². The Bertz CT molecular complexity index is 720. The van der Waals surface area contributed by atoms with Crippen LogP contribution in [0.25, 0.3) is 0 Å². The number of aromatic hydroxyl groups is 1. The molecule has 9 heteroatoms. The van der Waals surface area contributed by atoms with E-state index in [0.717, 1.165) is 17.7 Å². The van der Waals surface area contributed by atoms with Gasteiger partial charge in [-0.3, -0.25) is 9.88 Å². The first kappa shape index (κ1) is 18.2. The highest BCUT2D eigenvalue weighted by molar-refractivity contribution is 7.49. The third-order valence-electron chi connectivity index (χ3n) is 3.56. The molecular formula is C15H18NO7P. The third kappa shape index (κ3) is 4.94. The van der Waals surface area contributed by atoms with Crippen LogP contribution in [0.15, 0.2) is 47.9 Å². The number of aliphatic hydroxyl groups excluding tert-OH is 2. The second-order valence-corrected chi connectivity index (χ2v) is 6.79. The molecule has 0 aliphatic heterocycles. The molecule has 1 aromatic rings. The topological polar surface area (TPSA) is 147 Å². The molecule has 2 rings (SSSR count). The van der Waals surface area contributed by atoms with Crippen LogP contribution in [0.2, 0.25) is 0 Å². The molecule has 0 amide bonds. The number of hydrogen-bond donors (Lipinski definition) is 6. The average molecular weight is 355 g/mol. The maximum absolute atomic E-state index is 12.0. The second kappa shape index (κ2) is 7.19. The minimum absolute atomic E-state index is 0.110. The van der Waals surface area contributed by atoms with E-state index in [1.807, 2.05) is 5.09 Å². The van der Waals surface area contributed by atoms with Crippen molar-refractivity contribution in [1.82, 2.24) is 5.09 Å². The van der Waals surface area contributed by atoms with E-state index in [0.29, 0.717) is 6.42 Å². The number of nitrogens with one attached hydrogen (secondary N) is 1. The number of phenolic OH excluding ortho intramolecular Hbond substituents is 1. The van der Waals surface area contributed by atoms with Crippen molar-refractivity contribution in [3.63, 3.8) is 0 Å². The first-order chi connectivity index (χ1) is 11.2. The normalized spacial score (nSPS) is 19.5. The molecule has 1 aliphatic carbocycles. The predicted molar refractivity (Wildman–Crippen MR) is 84.9 cm³/mol. The zero-order valence-corrected chi connectivity index (χ0v) is 13.4. The van der Waals surface area contributed by atoms with E-state index in [4.69, 9.17) is 9.79 Å². The molecule has 8 nitrogen and oxygen atoms in total. The van der Waals surface area contributed by atoms with Gasteiger partial charge in [-0.1, -0.05) is 12.1 Å². The van der Waals surface area contributed by atoms with Crippen molar-refractivity contribution >= 4 is 13.5 Å². The van der Waals surface area contributed by atoms with E-state index < -0.39 is 31.3 Å². The number of aliphatic hydroxyl groups is 2. The van der Waals surface area contributed by atoms with Crippen LogP contribution in [0.5, 0.6) is 5.75 Å². The molecule has 6 N–H and O–H groups in total. The van der Waals surface area contributed by atoms with E-state index in [1.54, 1.807) is 12.1 Å². The number of allylic oxidation sites excluding steroid dienone is 2. The Balaban J connectivity index is 2.11. The summed E-state index contributed by atoms with van der Waals surface area (Å²) >= 11 is 0. The zero-order valence-electron chi connectivity index (χ0n) is 12.5. The molecule has 0 fully saturated rings. The lowest BCUT2D eigenvalue weighted by molar-refractivity contribution is -0.120. The number of ketones is 1. The number of benzene rings is 1. The molecule has 24 heavy (non-hydrogen) atoms. The summed E-state index contributed by atoms with van der Waals surface area (Å²) < 4.78 is 11.1. The Morgan fingerprint density at radius 3 is 2.33 bits per heavy atom. The summed E-state index contributed by atoms with van der Waals surface area (Å²) in [6.45, 7) is 0. The standard InChI is InChI=1S/C15H18NO7P/c17-10-4-1-9(2-5-10)3-6-13(19)15-12(16-24(21,22)23)7-11(18)8-14(15)20/h1-2,4-5,7-8,13,15,17-19H,3,6H2,(H3,16,21,22,23). The van der Waals surface area contributed by atoms with Crippen LogP contribution >= 0.6 is 7.75 Å². The molecule has 0 heterocycles. The van der Waals surface area contributed by atoms with Crippen LogP contribution in [-0.4, -0.2) is 37.0 Å². The SMILES string of the molecule is O=C1C=C(O)C=C(NP(=O)(O)O)C1C(O)CCc1ccc(O)cc1. The minimum Gasteiger partial charge on any atom is -0.508 e. The average Bonchev–Trinajstić information content (AvgIpc) is 2.44. The lowest BCUT2D eigenvalue weighted by Crippen LogP contribution is -2.36. The Kier molecular flexibility index (Phi) is 5.46. The number of carbonyl (C=O) groups is 1. The summed E-state index contributed by atoms with van der Waals surface area (Å²) in [4.78, 5) is 30.1. The molecule has 130 valence electrons. The number of hydrogen-bond acceptors (Lipinski definition) is 5. The molecule has 0 spiro atoms. The van der Waals surface area contributed by atoms with Crippen molar-refractivity contribution in [1.29, 1.82) is 0 Å². The quantitative estimate of drug-likeness (QED) is 0.412. The highest BCUT2D eigenvalue weighted by Crippen LogP contribution is 2.35. The predicted octanol–water partition coefficient (Wildman–Crippen LogP) is 0.893. The number of phenols is 1. The van der Waals surface area contributed by atoms with Crippen molar-refractivity contribution in [2.75, 3.05) is 0 Å². The maximum atomic E-state index is 12.0. The summed E-state index contributed by atoms with van der Waals surface area (Å²) in [5, 5.41) is 30.8. The lowest BCUT2D eigenvalue weighted by Gasteiger charge is -2.27. The van der Waals surface area contributed by atoms with Crippen LogP contribution in [0.3, 0.4) is 0 Å². The summed E-state index contributed by atoms with van der Waals surface area (Å²) in [7, 11) is -4.69. The molecule has 1 aliphatic rings. The minimum atomic E-state index is -4.69. The Morgan fingerprint density at radius 1 is 1.12 bits per heavy atom. The van der Waals surface area contributed by atoms with E-state index in [-0.39, 0.29) is 17.9 Å². The van der Waals surface area contributed by atoms with Crippen molar-refractivity contribution < 1.29 is 34.5 Å². The van der Waals surface area contributed by atoms with Gasteiger partial charge in [-0.25, -0.2) is 4.57 Å². The highest BCUT2D eigenvalue weighted by atomic mass is 31.2. The van der Waals surface area contributed by atoms with Crippen LogP contribution in [0.1, 0.15) is 12.0 Å². The van der Waals surface area contributed by atoms with Crippen LogP contribution in [0, 0.1) is 5.92 Å². The fourth-order valence-electron chi connectivity index (χ4n) is 2.49. The molecule has 0 saturated carbocycles. The largest absolute Gasteiger partial charge is 0.508 e. The Hall–Kier alpha value is -2.12. The van der Waals surface area contributed by atoms with E-state index in [1.165, 1.54) is 12.1 Å². The van der Waals surface area contributed by atoms with Gasteiger partial charge in [0.05, 0.1) is 12.0 Å². The van der Waals surface area contributed by atoms with Crippen LogP contribution < -0.4 is 5.09 Å². The summed E-state index contributed by atoms with van der Waals surface area (Å²) in [6.07, 6.45) is 1.25. The Morgan fingerprint density at radius 2 is 1.75 bits per heavy atom. The lowest BCUT2D eigenvalue weighted by atomic mass is 9.87. The zero-order chi connectivity index (χ0) is 17.9. The molecule has 0 saturated heterocycles. The van der Waals surface area contributed by atoms with Gasteiger partial charge in [0.2, 0.25) is 0 Å². The van der Waals surface area contributed by atoms with E-state index >= 15 is 0 Å². The molecule has 0 bridgehead atoms. The smallest absolute Gasteiger partial charge is 0.427 e.